The van der Waals surface area contributed by atoms with Gasteiger partial charge >= 0.3 is 5.97 Å². The van der Waals surface area contributed by atoms with Crippen LogP contribution in [0.2, 0.25) is 0 Å². The van der Waals surface area contributed by atoms with Gasteiger partial charge in [0, 0.05) is 25.2 Å². The third-order valence-electron chi connectivity index (χ3n) is 3.80. The van der Waals surface area contributed by atoms with E-state index in [1.807, 2.05) is 13.8 Å². The monoisotopic (exact) mass is 358 g/mol. The lowest BCUT2D eigenvalue weighted by Gasteiger charge is -2.31. The number of carboxylic acid groups (broad SMARTS) is 1. The fourth-order valence-electron chi connectivity index (χ4n) is 2.63. The highest BCUT2D eigenvalue weighted by molar-refractivity contribution is 7.89. The van der Waals surface area contributed by atoms with E-state index < -0.39 is 21.9 Å². The first-order valence-corrected chi connectivity index (χ1v) is 9.40. The zero-order valence-corrected chi connectivity index (χ0v) is 14.5. The van der Waals surface area contributed by atoms with Gasteiger partial charge in [0.25, 0.3) is 5.91 Å². The molecule has 1 saturated heterocycles. The van der Waals surface area contributed by atoms with E-state index in [9.17, 15) is 18.0 Å². The molecule has 0 unspecified atom stereocenters. The number of carbonyl (C=O) groups excluding carboxylic acids is 1. The summed E-state index contributed by atoms with van der Waals surface area (Å²) in [5.41, 5.74) is -0.0882. The molecule has 8 nitrogen and oxygen atoms in total. The summed E-state index contributed by atoms with van der Waals surface area (Å²) in [4.78, 5) is 22.8. The number of rotatable bonds is 6. The highest BCUT2D eigenvalue weighted by Gasteiger charge is 2.29. The van der Waals surface area contributed by atoms with E-state index in [0.717, 1.165) is 6.26 Å². The maximum absolute atomic E-state index is 12.2. The smallest absolute Gasteiger partial charge is 0.338 e. The highest BCUT2D eigenvalue weighted by Crippen LogP contribution is 2.17. The van der Waals surface area contributed by atoms with Gasteiger partial charge in [-0.1, -0.05) is 13.8 Å². The van der Waals surface area contributed by atoms with E-state index in [2.05, 4.69) is 5.32 Å². The minimum Gasteiger partial charge on any atom is -0.478 e. The molecule has 0 aromatic carbocycles. The quantitative estimate of drug-likeness (QED) is 0.788. The van der Waals surface area contributed by atoms with Gasteiger partial charge in [0.15, 0.2) is 5.76 Å². The van der Waals surface area contributed by atoms with Crippen LogP contribution in [0.3, 0.4) is 0 Å². The molecule has 0 radical (unpaired) electrons. The molecular weight excluding hydrogens is 336 g/mol. The molecule has 0 spiro atoms. The molecular formula is C15H22N2O6S. The molecule has 0 aliphatic carbocycles. The number of carboxylic acids is 1. The van der Waals surface area contributed by atoms with Crippen LogP contribution in [0, 0.1) is 5.92 Å². The first-order valence-electron chi connectivity index (χ1n) is 7.79. The van der Waals surface area contributed by atoms with Crippen molar-refractivity contribution in [2.75, 3.05) is 18.8 Å². The lowest BCUT2D eigenvalue weighted by Crippen LogP contribution is -2.47. The highest BCUT2D eigenvalue weighted by atomic mass is 32.2. The second-order valence-corrected chi connectivity index (χ2v) is 8.34. The number of aromatic carboxylic acids is 1. The lowest BCUT2D eigenvalue weighted by molar-refractivity contribution is 0.0695. The molecule has 1 aromatic rings. The first-order chi connectivity index (χ1) is 11.2. The molecule has 1 aromatic heterocycles. The Hall–Kier alpha value is -1.87. The van der Waals surface area contributed by atoms with Crippen LogP contribution < -0.4 is 5.32 Å². The van der Waals surface area contributed by atoms with Crippen LogP contribution in [-0.2, 0) is 10.0 Å². The average molecular weight is 358 g/mol. The van der Waals surface area contributed by atoms with Gasteiger partial charge in [-0.15, -0.1) is 0 Å². The molecule has 2 rings (SSSR count). The molecule has 1 aliphatic heterocycles. The summed E-state index contributed by atoms with van der Waals surface area (Å²) in [5, 5.41) is 11.6. The van der Waals surface area contributed by atoms with Crippen molar-refractivity contribution >= 4 is 21.9 Å². The van der Waals surface area contributed by atoms with E-state index in [-0.39, 0.29) is 29.0 Å². The Kier molecular flexibility index (Phi) is 5.66. The Morgan fingerprint density at radius 2 is 2.00 bits per heavy atom. The number of hydrogen-bond acceptors (Lipinski definition) is 5. The number of nitrogens with zero attached hydrogens (tertiary/aromatic N) is 1. The van der Waals surface area contributed by atoms with Crippen molar-refractivity contribution in [3.05, 3.63) is 23.7 Å². The molecule has 2 N–H and O–H groups in total. The van der Waals surface area contributed by atoms with Gasteiger partial charge in [0.1, 0.15) is 6.26 Å². The summed E-state index contributed by atoms with van der Waals surface area (Å²) in [6, 6.07) is 1.00. The summed E-state index contributed by atoms with van der Waals surface area (Å²) >= 11 is 0. The Balaban J connectivity index is 1.88. The summed E-state index contributed by atoms with van der Waals surface area (Å²) in [6.45, 7) is 4.44. The maximum atomic E-state index is 12.2. The predicted octanol–water partition coefficient (Wildman–Crippen LogP) is 1.16. The van der Waals surface area contributed by atoms with Crippen LogP contribution in [0.25, 0.3) is 0 Å². The standard InChI is InChI=1S/C15H22N2O6S/c1-10(2)9-24(21,22)17-5-3-12(4-6-17)16-14(18)13-7-11(8-23-13)15(19)20/h7-8,10,12H,3-6,9H2,1-2H3,(H,16,18)(H,19,20). The SMILES string of the molecule is CC(C)CS(=O)(=O)N1CCC(NC(=O)c2cc(C(=O)O)co2)CC1. The normalized spacial score (nSPS) is 17.1. The minimum atomic E-state index is -3.26. The zero-order chi connectivity index (χ0) is 17.9. The third-order valence-corrected chi connectivity index (χ3v) is 6.04. The van der Waals surface area contributed by atoms with Crippen LogP contribution in [0.4, 0.5) is 0 Å². The molecule has 134 valence electrons. The third kappa shape index (κ3) is 4.57. The largest absolute Gasteiger partial charge is 0.478 e. The van der Waals surface area contributed by atoms with Crippen molar-refractivity contribution in [3.63, 3.8) is 0 Å². The second-order valence-electron chi connectivity index (χ2n) is 6.32. The van der Waals surface area contributed by atoms with Crippen molar-refractivity contribution in [2.24, 2.45) is 5.92 Å². The van der Waals surface area contributed by atoms with Gasteiger partial charge in [-0.25, -0.2) is 17.5 Å². The summed E-state index contributed by atoms with van der Waals surface area (Å²) in [5.74, 6) is -1.54. The average Bonchev–Trinajstić information content (AvgIpc) is 2.96. The molecule has 0 atom stereocenters. The van der Waals surface area contributed by atoms with Crippen molar-refractivity contribution < 1.29 is 27.5 Å². The van der Waals surface area contributed by atoms with E-state index in [1.165, 1.54) is 10.4 Å². The van der Waals surface area contributed by atoms with Crippen LogP contribution in [-0.4, -0.2) is 54.6 Å². The van der Waals surface area contributed by atoms with Gasteiger partial charge in [0.05, 0.1) is 11.3 Å². The van der Waals surface area contributed by atoms with Crippen LogP contribution >= 0.6 is 0 Å². The topological polar surface area (TPSA) is 117 Å². The van der Waals surface area contributed by atoms with Crippen LogP contribution in [0.5, 0.6) is 0 Å². The van der Waals surface area contributed by atoms with E-state index >= 15 is 0 Å². The number of furan rings is 1. The molecule has 1 fully saturated rings. The fourth-order valence-corrected chi connectivity index (χ4v) is 4.45. The van der Waals surface area contributed by atoms with Crippen LogP contribution in [0.15, 0.2) is 16.7 Å². The minimum absolute atomic E-state index is 0.0646. The van der Waals surface area contributed by atoms with Crippen molar-refractivity contribution in [2.45, 2.75) is 32.7 Å². The molecule has 0 saturated carbocycles. The Bertz CT molecular complexity index is 701. The summed E-state index contributed by atoms with van der Waals surface area (Å²) in [6.07, 6.45) is 2.03. The molecule has 2 heterocycles. The van der Waals surface area contributed by atoms with Crippen molar-refractivity contribution in [3.8, 4) is 0 Å². The maximum Gasteiger partial charge on any atom is 0.338 e. The number of sulfonamides is 1. The number of carbonyl (C=O) groups is 2. The zero-order valence-electron chi connectivity index (χ0n) is 13.7. The second kappa shape index (κ2) is 7.35. The number of nitrogens with one attached hydrogen (secondary N) is 1. The predicted molar refractivity (Wildman–Crippen MR) is 86.4 cm³/mol. The number of piperidine rings is 1. The van der Waals surface area contributed by atoms with Crippen LogP contribution in [0.1, 0.15) is 47.6 Å². The molecule has 1 amide bonds. The van der Waals surface area contributed by atoms with Gasteiger partial charge in [-0.05, 0) is 18.8 Å². The first kappa shape index (κ1) is 18.5. The lowest BCUT2D eigenvalue weighted by atomic mass is 10.1. The fraction of sp³-hybridized carbons (Fsp3) is 0.600. The van der Waals surface area contributed by atoms with Crippen molar-refractivity contribution in [1.82, 2.24) is 9.62 Å². The molecule has 24 heavy (non-hydrogen) atoms. The number of hydrogen-bond donors (Lipinski definition) is 2. The molecule has 1 aliphatic rings. The number of amides is 1. The van der Waals surface area contributed by atoms with E-state index in [4.69, 9.17) is 9.52 Å². The Morgan fingerprint density at radius 3 is 2.50 bits per heavy atom. The Morgan fingerprint density at radius 1 is 1.38 bits per heavy atom. The molecule has 0 bridgehead atoms. The summed E-state index contributed by atoms with van der Waals surface area (Å²) < 4.78 is 30.8. The van der Waals surface area contributed by atoms with Crippen molar-refractivity contribution in [1.29, 1.82) is 0 Å². The van der Waals surface area contributed by atoms with Gasteiger partial charge < -0.3 is 14.8 Å². The molecule has 9 heteroatoms. The van der Waals surface area contributed by atoms with Gasteiger partial charge in [-0.3, -0.25) is 4.79 Å². The Labute approximate surface area is 140 Å². The van der Waals surface area contributed by atoms with Gasteiger partial charge in [-0.2, -0.15) is 0 Å². The van der Waals surface area contributed by atoms with E-state index in [1.54, 1.807) is 0 Å². The van der Waals surface area contributed by atoms with Gasteiger partial charge in [0.2, 0.25) is 10.0 Å². The summed E-state index contributed by atoms with van der Waals surface area (Å²) in [7, 11) is -3.26. The van der Waals surface area contributed by atoms with E-state index in [0.29, 0.717) is 25.9 Å².